The molecule has 1 N–H and O–H groups in total. The Morgan fingerprint density at radius 1 is 0.839 bits per heavy atom. The molecule has 0 bridgehead atoms. The van der Waals surface area contributed by atoms with Gasteiger partial charge in [0.1, 0.15) is 0 Å². The Morgan fingerprint density at radius 3 is 2.16 bits per heavy atom. The van der Waals surface area contributed by atoms with Crippen molar-refractivity contribution in [1.29, 1.82) is 0 Å². The van der Waals surface area contributed by atoms with Crippen LogP contribution in [-0.2, 0) is 6.42 Å². The fraction of sp³-hybridized carbons (Fsp3) is 0.583. The molecule has 4 nitrogen and oxygen atoms in total. The van der Waals surface area contributed by atoms with Crippen LogP contribution in [0.15, 0.2) is 36.4 Å². The van der Waals surface area contributed by atoms with Crippen molar-refractivity contribution in [2.24, 2.45) is 0 Å². The molecule has 0 aliphatic carbocycles. The minimum Gasteiger partial charge on any atom is -0.353 e. The SMILES string of the molecule is FC(F)(F)CCCCCCCCCc1nnc(N2CCNCC2)cc1-c1ccccc1. The molecule has 1 saturated heterocycles. The number of hydrogen-bond acceptors (Lipinski definition) is 4. The molecule has 1 aromatic carbocycles. The van der Waals surface area contributed by atoms with Gasteiger partial charge in [0.05, 0.1) is 5.69 Å². The number of alkyl halides is 3. The molecule has 2 heterocycles. The lowest BCUT2D eigenvalue weighted by molar-refractivity contribution is -0.135. The number of hydrogen-bond donors (Lipinski definition) is 1. The molecule has 0 spiro atoms. The minimum absolute atomic E-state index is 0.249. The summed E-state index contributed by atoms with van der Waals surface area (Å²) in [6, 6.07) is 12.5. The lowest BCUT2D eigenvalue weighted by atomic mass is 10.00. The van der Waals surface area contributed by atoms with E-state index in [0.717, 1.165) is 87.3 Å². The van der Waals surface area contributed by atoms with Crippen molar-refractivity contribution in [3.8, 4) is 11.1 Å². The number of nitrogens with zero attached hydrogens (tertiary/aromatic N) is 3. The first-order valence-corrected chi connectivity index (χ1v) is 11.5. The molecule has 31 heavy (non-hydrogen) atoms. The van der Waals surface area contributed by atoms with Gasteiger partial charge in [-0.1, -0.05) is 62.4 Å². The smallest absolute Gasteiger partial charge is 0.353 e. The van der Waals surface area contributed by atoms with Gasteiger partial charge in [-0.2, -0.15) is 18.3 Å². The Kier molecular flexibility index (Phi) is 9.13. The normalized spacial score (nSPS) is 14.7. The lowest BCUT2D eigenvalue weighted by Crippen LogP contribution is -2.44. The van der Waals surface area contributed by atoms with Gasteiger partial charge in [-0.15, -0.1) is 5.10 Å². The van der Waals surface area contributed by atoms with Crippen molar-refractivity contribution in [2.45, 2.75) is 64.0 Å². The summed E-state index contributed by atoms with van der Waals surface area (Å²) in [7, 11) is 0. The molecular weight excluding hydrogens is 401 g/mol. The first kappa shape index (κ1) is 23.5. The van der Waals surface area contributed by atoms with Crippen LogP contribution in [0.1, 0.15) is 57.1 Å². The molecular formula is C24H33F3N4. The van der Waals surface area contributed by atoms with E-state index in [-0.39, 0.29) is 6.42 Å². The second kappa shape index (κ2) is 12.0. The van der Waals surface area contributed by atoms with Crippen LogP contribution in [-0.4, -0.2) is 42.6 Å². The summed E-state index contributed by atoms with van der Waals surface area (Å²) >= 11 is 0. The number of nitrogens with one attached hydrogen (secondary N) is 1. The third-order valence-corrected chi connectivity index (χ3v) is 5.76. The molecule has 1 fully saturated rings. The Balaban J connectivity index is 1.50. The van der Waals surface area contributed by atoms with Crippen molar-refractivity contribution in [3.63, 3.8) is 0 Å². The molecule has 0 saturated carbocycles. The maximum atomic E-state index is 12.2. The van der Waals surface area contributed by atoms with E-state index in [0.29, 0.717) is 6.42 Å². The van der Waals surface area contributed by atoms with E-state index < -0.39 is 12.6 Å². The maximum Gasteiger partial charge on any atom is 0.389 e. The van der Waals surface area contributed by atoms with Crippen molar-refractivity contribution in [1.82, 2.24) is 15.5 Å². The number of anilines is 1. The van der Waals surface area contributed by atoms with Gasteiger partial charge in [0, 0.05) is 38.2 Å². The van der Waals surface area contributed by atoms with Crippen LogP contribution in [0.4, 0.5) is 19.0 Å². The van der Waals surface area contributed by atoms with Gasteiger partial charge in [-0.05, 0) is 30.9 Å². The molecule has 0 amide bonds. The highest BCUT2D eigenvalue weighted by atomic mass is 19.4. The van der Waals surface area contributed by atoms with E-state index in [1.54, 1.807) is 0 Å². The van der Waals surface area contributed by atoms with Crippen LogP contribution in [0.2, 0.25) is 0 Å². The number of rotatable bonds is 11. The third kappa shape index (κ3) is 8.13. The van der Waals surface area contributed by atoms with Gasteiger partial charge in [0.2, 0.25) is 0 Å². The molecule has 0 unspecified atom stereocenters. The van der Waals surface area contributed by atoms with E-state index in [9.17, 15) is 13.2 Å². The van der Waals surface area contributed by atoms with Gasteiger partial charge in [-0.3, -0.25) is 0 Å². The number of aryl methyl sites for hydroxylation is 1. The summed E-state index contributed by atoms with van der Waals surface area (Å²) < 4.78 is 36.5. The Morgan fingerprint density at radius 2 is 1.48 bits per heavy atom. The molecule has 1 aliphatic rings. The third-order valence-electron chi connectivity index (χ3n) is 5.76. The first-order valence-electron chi connectivity index (χ1n) is 11.5. The molecule has 1 aliphatic heterocycles. The van der Waals surface area contributed by atoms with Crippen molar-refractivity contribution in [3.05, 3.63) is 42.1 Å². The van der Waals surface area contributed by atoms with E-state index in [1.807, 2.05) is 18.2 Å². The second-order valence-electron chi connectivity index (χ2n) is 8.26. The van der Waals surface area contributed by atoms with Crippen LogP contribution in [0.3, 0.4) is 0 Å². The summed E-state index contributed by atoms with van der Waals surface area (Å²) in [6.07, 6.45) is 2.12. The zero-order valence-electron chi connectivity index (χ0n) is 18.1. The Hall–Kier alpha value is -2.15. The largest absolute Gasteiger partial charge is 0.389 e. The number of aromatic nitrogens is 2. The van der Waals surface area contributed by atoms with Gasteiger partial charge in [0.25, 0.3) is 0 Å². The molecule has 3 rings (SSSR count). The van der Waals surface area contributed by atoms with Crippen molar-refractivity contribution >= 4 is 5.82 Å². The van der Waals surface area contributed by atoms with E-state index in [4.69, 9.17) is 0 Å². The molecule has 0 radical (unpaired) electrons. The van der Waals surface area contributed by atoms with Crippen LogP contribution in [0.5, 0.6) is 0 Å². The highest BCUT2D eigenvalue weighted by Gasteiger charge is 2.25. The summed E-state index contributed by atoms with van der Waals surface area (Å²) in [4.78, 5) is 2.28. The average Bonchev–Trinajstić information content (AvgIpc) is 2.78. The van der Waals surface area contributed by atoms with Crippen LogP contribution >= 0.6 is 0 Å². The maximum absolute atomic E-state index is 12.2. The molecule has 7 heteroatoms. The summed E-state index contributed by atoms with van der Waals surface area (Å²) in [5.41, 5.74) is 3.33. The highest BCUT2D eigenvalue weighted by Crippen LogP contribution is 2.27. The van der Waals surface area contributed by atoms with E-state index in [2.05, 4.69) is 38.6 Å². The Labute approximate surface area is 183 Å². The van der Waals surface area contributed by atoms with Gasteiger partial charge < -0.3 is 10.2 Å². The van der Waals surface area contributed by atoms with Crippen LogP contribution < -0.4 is 10.2 Å². The lowest BCUT2D eigenvalue weighted by Gasteiger charge is -2.28. The van der Waals surface area contributed by atoms with Crippen molar-refractivity contribution < 1.29 is 13.2 Å². The molecule has 2 aromatic rings. The molecule has 170 valence electrons. The van der Waals surface area contributed by atoms with Gasteiger partial charge in [-0.25, -0.2) is 0 Å². The predicted octanol–water partition coefficient (Wildman–Crippen LogP) is 5.78. The fourth-order valence-corrected chi connectivity index (χ4v) is 4.01. The fourth-order valence-electron chi connectivity index (χ4n) is 4.01. The van der Waals surface area contributed by atoms with Crippen LogP contribution in [0.25, 0.3) is 11.1 Å². The second-order valence-corrected chi connectivity index (χ2v) is 8.26. The number of piperazine rings is 1. The summed E-state index contributed by atoms with van der Waals surface area (Å²) in [5, 5.41) is 12.5. The monoisotopic (exact) mass is 434 g/mol. The van der Waals surface area contributed by atoms with Crippen LogP contribution in [0, 0.1) is 0 Å². The highest BCUT2D eigenvalue weighted by molar-refractivity contribution is 5.68. The topological polar surface area (TPSA) is 41.1 Å². The zero-order chi connectivity index (χ0) is 21.9. The van der Waals surface area contributed by atoms with E-state index in [1.165, 1.54) is 0 Å². The number of halogens is 3. The first-order chi connectivity index (χ1) is 15.0. The molecule has 0 atom stereocenters. The number of unbranched alkanes of at least 4 members (excludes halogenated alkanes) is 6. The standard InChI is InChI=1S/C24H33F3N4/c25-24(26,27)14-10-5-3-1-2-4-9-13-22-21(20-11-7-6-8-12-20)19-23(30-29-22)31-17-15-28-16-18-31/h6-8,11-12,19,28H,1-5,9-10,13-18H2. The van der Waals surface area contributed by atoms with E-state index >= 15 is 0 Å². The number of benzene rings is 1. The van der Waals surface area contributed by atoms with Crippen molar-refractivity contribution in [2.75, 3.05) is 31.1 Å². The quantitative estimate of drug-likeness (QED) is 0.455. The zero-order valence-corrected chi connectivity index (χ0v) is 18.1. The summed E-state index contributed by atoms with van der Waals surface area (Å²) in [5.74, 6) is 0.933. The minimum atomic E-state index is -4.02. The molecule has 1 aromatic heterocycles. The van der Waals surface area contributed by atoms with Gasteiger partial charge in [0.15, 0.2) is 5.82 Å². The van der Waals surface area contributed by atoms with Gasteiger partial charge >= 0.3 is 6.18 Å². The predicted molar refractivity (Wildman–Crippen MR) is 119 cm³/mol. The average molecular weight is 435 g/mol. The summed E-state index contributed by atoms with van der Waals surface area (Å²) in [6.45, 7) is 3.79. The Bertz CT molecular complexity index is 774.